The zero-order valence-corrected chi connectivity index (χ0v) is 17.6. The maximum absolute atomic E-state index is 13.3. The normalized spacial score (nSPS) is 18.3. The molecule has 1 aromatic heterocycles. The van der Waals surface area contributed by atoms with E-state index < -0.39 is 6.10 Å². The molecule has 3 rings (SSSR count). The minimum Gasteiger partial charge on any atom is -0.480 e. The number of para-hydroxylation sites is 1. The third-order valence-electron chi connectivity index (χ3n) is 5.62. The Labute approximate surface area is 168 Å². The van der Waals surface area contributed by atoms with Crippen molar-refractivity contribution in [2.24, 2.45) is 0 Å². The van der Waals surface area contributed by atoms with Crippen LogP contribution in [0.5, 0.6) is 5.75 Å². The Bertz CT molecular complexity index is 784. The van der Waals surface area contributed by atoms with Crippen molar-refractivity contribution < 1.29 is 9.53 Å². The van der Waals surface area contributed by atoms with Crippen molar-refractivity contribution in [3.8, 4) is 5.75 Å². The van der Waals surface area contributed by atoms with Gasteiger partial charge in [0, 0.05) is 31.9 Å². The standard InChI is InChI=1S/C23H33N3O2/c1-5-20(28-21-12-8-7-11-19(21)17(3)4)23(27)25-14-9-10-18(16-25)26-15-13-24-22(26)6-2/h7-8,11-13,15,17-18,20H,5-6,9-10,14,16H2,1-4H3. The summed E-state index contributed by atoms with van der Waals surface area (Å²) in [7, 11) is 0. The molecular formula is C23H33N3O2. The largest absolute Gasteiger partial charge is 0.480 e. The molecule has 0 saturated carbocycles. The Morgan fingerprint density at radius 1 is 1.29 bits per heavy atom. The van der Waals surface area contributed by atoms with Gasteiger partial charge in [0.15, 0.2) is 6.10 Å². The first-order valence-corrected chi connectivity index (χ1v) is 10.6. The van der Waals surface area contributed by atoms with Gasteiger partial charge in [0.25, 0.3) is 5.91 Å². The predicted molar refractivity (Wildman–Crippen MR) is 112 cm³/mol. The molecule has 2 unspecified atom stereocenters. The monoisotopic (exact) mass is 383 g/mol. The second kappa shape index (κ2) is 9.26. The van der Waals surface area contributed by atoms with E-state index in [0.717, 1.165) is 49.5 Å². The van der Waals surface area contributed by atoms with E-state index in [9.17, 15) is 4.79 Å². The van der Waals surface area contributed by atoms with Crippen molar-refractivity contribution in [2.75, 3.05) is 13.1 Å². The fourth-order valence-electron chi connectivity index (χ4n) is 4.06. The first-order valence-electron chi connectivity index (χ1n) is 10.6. The number of amides is 1. The van der Waals surface area contributed by atoms with E-state index in [0.29, 0.717) is 18.4 Å². The molecule has 1 aliphatic heterocycles. The molecule has 1 aliphatic rings. The van der Waals surface area contributed by atoms with Crippen LogP contribution in [-0.2, 0) is 11.2 Å². The molecule has 2 heterocycles. The summed E-state index contributed by atoms with van der Waals surface area (Å²) in [6.45, 7) is 9.98. The number of rotatable bonds is 7. The number of nitrogens with zero attached hydrogens (tertiary/aromatic N) is 3. The van der Waals surface area contributed by atoms with Crippen molar-refractivity contribution >= 4 is 5.91 Å². The molecule has 5 heteroatoms. The molecule has 1 saturated heterocycles. The van der Waals surface area contributed by atoms with E-state index in [2.05, 4.69) is 36.4 Å². The molecule has 2 atom stereocenters. The SMILES string of the molecule is CCc1nccn1C1CCCN(C(=O)C(CC)Oc2ccccc2C(C)C)C1. The smallest absolute Gasteiger partial charge is 0.263 e. The van der Waals surface area contributed by atoms with Crippen LogP contribution in [0.2, 0.25) is 0 Å². The van der Waals surface area contributed by atoms with Crippen LogP contribution in [0.1, 0.15) is 70.3 Å². The molecule has 152 valence electrons. The molecule has 0 spiro atoms. The minimum atomic E-state index is -0.438. The van der Waals surface area contributed by atoms with Gasteiger partial charge in [-0.05, 0) is 36.8 Å². The predicted octanol–water partition coefficient (Wildman–Crippen LogP) is 4.59. The average molecular weight is 384 g/mol. The van der Waals surface area contributed by atoms with Crippen LogP contribution in [0.4, 0.5) is 0 Å². The first kappa shape index (κ1) is 20.4. The zero-order valence-electron chi connectivity index (χ0n) is 17.6. The minimum absolute atomic E-state index is 0.101. The lowest BCUT2D eigenvalue weighted by Gasteiger charge is -2.36. The van der Waals surface area contributed by atoms with Crippen LogP contribution in [0.25, 0.3) is 0 Å². The number of aromatic nitrogens is 2. The summed E-state index contributed by atoms with van der Waals surface area (Å²) in [5.74, 6) is 2.38. The maximum atomic E-state index is 13.3. The highest BCUT2D eigenvalue weighted by Crippen LogP contribution is 2.29. The Balaban J connectivity index is 1.72. The van der Waals surface area contributed by atoms with E-state index in [1.165, 1.54) is 0 Å². The summed E-state index contributed by atoms with van der Waals surface area (Å²) < 4.78 is 8.48. The Kier molecular flexibility index (Phi) is 6.76. The van der Waals surface area contributed by atoms with Crippen molar-refractivity contribution in [3.05, 3.63) is 48.0 Å². The Morgan fingerprint density at radius 2 is 2.07 bits per heavy atom. The summed E-state index contributed by atoms with van der Waals surface area (Å²) in [4.78, 5) is 19.7. The van der Waals surface area contributed by atoms with E-state index in [-0.39, 0.29) is 5.91 Å². The summed E-state index contributed by atoms with van der Waals surface area (Å²) in [6, 6.07) is 8.36. The van der Waals surface area contributed by atoms with Crippen molar-refractivity contribution in [1.29, 1.82) is 0 Å². The second-order valence-electron chi connectivity index (χ2n) is 7.89. The summed E-state index contributed by atoms with van der Waals surface area (Å²) >= 11 is 0. The van der Waals surface area contributed by atoms with Crippen LogP contribution >= 0.6 is 0 Å². The van der Waals surface area contributed by atoms with E-state index in [4.69, 9.17) is 4.74 Å². The zero-order chi connectivity index (χ0) is 20.1. The summed E-state index contributed by atoms with van der Waals surface area (Å²) in [5, 5.41) is 0. The molecule has 5 nitrogen and oxygen atoms in total. The highest BCUT2D eigenvalue weighted by molar-refractivity contribution is 5.81. The fraction of sp³-hybridized carbons (Fsp3) is 0.565. The highest BCUT2D eigenvalue weighted by Gasteiger charge is 2.31. The van der Waals surface area contributed by atoms with Gasteiger partial charge in [-0.2, -0.15) is 0 Å². The fourth-order valence-corrected chi connectivity index (χ4v) is 4.06. The number of benzene rings is 1. The van der Waals surface area contributed by atoms with Gasteiger partial charge in [0.05, 0.1) is 6.04 Å². The van der Waals surface area contributed by atoms with Crippen molar-refractivity contribution in [2.45, 2.75) is 71.4 Å². The number of hydrogen-bond acceptors (Lipinski definition) is 3. The summed E-state index contributed by atoms with van der Waals surface area (Å²) in [5.41, 5.74) is 1.15. The molecule has 1 fully saturated rings. The maximum Gasteiger partial charge on any atom is 0.263 e. The molecular weight excluding hydrogens is 350 g/mol. The molecule has 0 bridgehead atoms. The number of likely N-dealkylation sites (tertiary alicyclic amines) is 1. The van der Waals surface area contributed by atoms with Crippen molar-refractivity contribution in [3.63, 3.8) is 0 Å². The lowest BCUT2D eigenvalue weighted by atomic mass is 10.0. The Morgan fingerprint density at radius 3 is 2.79 bits per heavy atom. The molecule has 0 N–H and O–H groups in total. The van der Waals surface area contributed by atoms with Crippen LogP contribution in [-0.4, -0.2) is 39.6 Å². The van der Waals surface area contributed by atoms with Gasteiger partial charge in [-0.1, -0.05) is 45.9 Å². The lowest BCUT2D eigenvalue weighted by Crippen LogP contribution is -2.47. The molecule has 0 aliphatic carbocycles. The average Bonchev–Trinajstić information content (AvgIpc) is 3.20. The van der Waals surface area contributed by atoms with Gasteiger partial charge in [-0.3, -0.25) is 4.79 Å². The van der Waals surface area contributed by atoms with Crippen LogP contribution in [0.3, 0.4) is 0 Å². The topological polar surface area (TPSA) is 47.4 Å². The van der Waals surface area contributed by atoms with Gasteiger partial charge >= 0.3 is 0 Å². The molecule has 0 radical (unpaired) electrons. The number of carbonyl (C=O) groups is 1. The highest BCUT2D eigenvalue weighted by atomic mass is 16.5. The molecule has 28 heavy (non-hydrogen) atoms. The second-order valence-corrected chi connectivity index (χ2v) is 7.89. The van der Waals surface area contributed by atoms with Gasteiger partial charge in [-0.15, -0.1) is 0 Å². The van der Waals surface area contributed by atoms with E-state index in [1.54, 1.807) is 0 Å². The quantitative estimate of drug-likeness (QED) is 0.702. The number of ether oxygens (including phenoxy) is 1. The van der Waals surface area contributed by atoms with Crippen LogP contribution in [0.15, 0.2) is 36.7 Å². The van der Waals surface area contributed by atoms with Gasteiger partial charge < -0.3 is 14.2 Å². The van der Waals surface area contributed by atoms with Crippen LogP contribution in [0, 0.1) is 0 Å². The van der Waals surface area contributed by atoms with Gasteiger partial charge in [0.1, 0.15) is 11.6 Å². The third kappa shape index (κ3) is 4.40. The van der Waals surface area contributed by atoms with E-state index >= 15 is 0 Å². The lowest BCUT2D eigenvalue weighted by molar-refractivity contribution is -0.140. The van der Waals surface area contributed by atoms with Crippen LogP contribution < -0.4 is 4.74 Å². The third-order valence-corrected chi connectivity index (χ3v) is 5.62. The van der Waals surface area contributed by atoms with Gasteiger partial charge in [-0.25, -0.2) is 4.98 Å². The number of carbonyl (C=O) groups excluding carboxylic acids is 1. The number of hydrogen-bond donors (Lipinski definition) is 0. The number of aryl methyl sites for hydroxylation is 1. The molecule has 2 aromatic rings. The van der Waals surface area contributed by atoms with Crippen molar-refractivity contribution in [1.82, 2.24) is 14.5 Å². The summed E-state index contributed by atoms with van der Waals surface area (Å²) in [6.07, 6.45) is 7.14. The van der Waals surface area contributed by atoms with Gasteiger partial charge in [0.2, 0.25) is 0 Å². The van der Waals surface area contributed by atoms with E-state index in [1.807, 2.05) is 42.4 Å². The Hall–Kier alpha value is -2.30. The molecule has 1 aromatic carbocycles. The number of piperidine rings is 1. The first-order chi connectivity index (χ1) is 13.5. The molecule has 1 amide bonds. The number of imidazole rings is 1.